The number of urea groups is 1. The third kappa shape index (κ3) is 4.96. The van der Waals surface area contributed by atoms with E-state index in [9.17, 15) is 4.79 Å². The first kappa shape index (κ1) is 17.8. The SMILES string of the molecule is CCCN(CC1CCCCO1)C(=O)Nc1nnc(-c2ccccn2)s1. The molecule has 3 rings (SSSR count). The summed E-state index contributed by atoms with van der Waals surface area (Å²) >= 11 is 1.32. The van der Waals surface area contributed by atoms with Gasteiger partial charge in [0.05, 0.1) is 6.10 Å². The Labute approximate surface area is 151 Å². The Hall–Kier alpha value is -2.06. The third-order valence-corrected chi connectivity index (χ3v) is 4.86. The lowest BCUT2D eigenvalue weighted by atomic mass is 10.1. The zero-order valence-corrected chi connectivity index (χ0v) is 15.2. The van der Waals surface area contributed by atoms with E-state index in [4.69, 9.17) is 4.74 Å². The van der Waals surface area contributed by atoms with Gasteiger partial charge in [0, 0.05) is 25.9 Å². The summed E-state index contributed by atoms with van der Waals surface area (Å²) in [5.41, 5.74) is 0.751. The molecule has 7 nitrogen and oxygen atoms in total. The van der Waals surface area contributed by atoms with E-state index in [0.29, 0.717) is 23.2 Å². The van der Waals surface area contributed by atoms with Crippen LogP contribution in [0.3, 0.4) is 0 Å². The predicted octanol–water partition coefficient (Wildman–Crippen LogP) is 3.41. The molecular formula is C17H23N5O2S. The van der Waals surface area contributed by atoms with E-state index in [1.807, 2.05) is 18.2 Å². The molecule has 2 aromatic heterocycles. The average Bonchev–Trinajstić information content (AvgIpc) is 3.11. The normalized spacial score (nSPS) is 17.2. The van der Waals surface area contributed by atoms with Crippen LogP contribution in [0.15, 0.2) is 24.4 Å². The maximum absolute atomic E-state index is 12.6. The van der Waals surface area contributed by atoms with Gasteiger partial charge in [-0.2, -0.15) is 0 Å². The molecule has 0 aliphatic carbocycles. The fourth-order valence-corrected chi connectivity index (χ4v) is 3.49. The van der Waals surface area contributed by atoms with E-state index in [-0.39, 0.29) is 12.1 Å². The molecule has 25 heavy (non-hydrogen) atoms. The van der Waals surface area contributed by atoms with Gasteiger partial charge in [0.2, 0.25) is 5.13 Å². The molecule has 0 spiro atoms. The second kappa shape index (κ2) is 8.87. The summed E-state index contributed by atoms with van der Waals surface area (Å²) in [4.78, 5) is 18.7. The summed E-state index contributed by atoms with van der Waals surface area (Å²) in [6, 6.07) is 5.47. The van der Waals surface area contributed by atoms with Crippen LogP contribution >= 0.6 is 11.3 Å². The Bertz CT molecular complexity index is 673. The summed E-state index contributed by atoms with van der Waals surface area (Å²) in [5.74, 6) is 0. The van der Waals surface area contributed by atoms with E-state index < -0.39 is 0 Å². The Morgan fingerprint density at radius 3 is 3.04 bits per heavy atom. The molecule has 0 saturated carbocycles. The molecule has 0 aromatic carbocycles. The van der Waals surface area contributed by atoms with Crippen molar-refractivity contribution < 1.29 is 9.53 Å². The summed E-state index contributed by atoms with van der Waals surface area (Å²) < 4.78 is 5.76. The van der Waals surface area contributed by atoms with Crippen molar-refractivity contribution in [2.45, 2.75) is 38.7 Å². The number of rotatable bonds is 6. The second-order valence-electron chi connectivity index (χ2n) is 5.99. The third-order valence-electron chi connectivity index (χ3n) is 4.00. The maximum Gasteiger partial charge on any atom is 0.323 e. The fraction of sp³-hybridized carbons (Fsp3) is 0.529. The zero-order valence-electron chi connectivity index (χ0n) is 14.4. The first-order chi connectivity index (χ1) is 12.3. The van der Waals surface area contributed by atoms with Crippen LogP contribution in [0.2, 0.25) is 0 Å². The zero-order chi connectivity index (χ0) is 17.5. The van der Waals surface area contributed by atoms with Crippen molar-refractivity contribution in [2.24, 2.45) is 0 Å². The van der Waals surface area contributed by atoms with Crippen molar-refractivity contribution >= 4 is 22.5 Å². The van der Waals surface area contributed by atoms with E-state index in [0.717, 1.165) is 38.0 Å². The van der Waals surface area contributed by atoms with Crippen molar-refractivity contribution in [1.82, 2.24) is 20.1 Å². The van der Waals surface area contributed by atoms with Gasteiger partial charge >= 0.3 is 6.03 Å². The predicted molar refractivity (Wildman–Crippen MR) is 97.6 cm³/mol. The minimum atomic E-state index is -0.153. The quantitative estimate of drug-likeness (QED) is 0.853. The highest BCUT2D eigenvalue weighted by Gasteiger charge is 2.22. The molecule has 8 heteroatoms. The average molecular weight is 361 g/mol. The van der Waals surface area contributed by atoms with E-state index >= 15 is 0 Å². The Morgan fingerprint density at radius 1 is 1.40 bits per heavy atom. The van der Waals surface area contributed by atoms with E-state index in [1.165, 1.54) is 11.3 Å². The van der Waals surface area contributed by atoms with Gasteiger partial charge in [-0.15, -0.1) is 10.2 Å². The van der Waals surface area contributed by atoms with Gasteiger partial charge in [0.15, 0.2) is 5.01 Å². The molecule has 2 aromatic rings. The summed E-state index contributed by atoms with van der Waals surface area (Å²) in [6.07, 6.45) is 6.02. The molecule has 1 aliphatic rings. The largest absolute Gasteiger partial charge is 0.376 e. The highest BCUT2D eigenvalue weighted by molar-refractivity contribution is 7.18. The van der Waals surface area contributed by atoms with Gasteiger partial charge in [-0.3, -0.25) is 10.3 Å². The lowest BCUT2D eigenvalue weighted by Crippen LogP contribution is -2.42. The highest BCUT2D eigenvalue weighted by atomic mass is 32.1. The van der Waals surface area contributed by atoms with Gasteiger partial charge < -0.3 is 9.64 Å². The van der Waals surface area contributed by atoms with Crippen molar-refractivity contribution in [2.75, 3.05) is 25.0 Å². The summed E-state index contributed by atoms with van der Waals surface area (Å²) in [5, 5.41) is 12.2. The number of nitrogens with zero attached hydrogens (tertiary/aromatic N) is 4. The maximum atomic E-state index is 12.6. The first-order valence-corrected chi connectivity index (χ1v) is 9.50. The van der Waals surface area contributed by atoms with Crippen molar-refractivity contribution in [3.63, 3.8) is 0 Å². The first-order valence-electron chi connectivity index (χ1n) is 8.68. The number of amides is 2. The fourth-order valence-electron chi connectivity index (χ4n) is 2.78. The van der Waals surface area contributed by atoms with E-state index in [2.05, 4.69) is 27.4 Å². The number of hydrogen-bond acceptors (Lipinski definition) is 6. The summed E-state index contributed by atoms with van der Waals surface area (Å²) in [7, 11) is 0. The Morgan fingerprint density at radius 2 is 2.32 bits per heavy atom. The smallest absolute Gasteiger partial charge is 0.323 e. The molecule has 1 N–H and O–H groups in total. The molecule has 1 atom stereocenters. The standard InChI is InChI=1S/C17H23N5O2S/c1-2-10-22(12-13-7-4-6-11-24-13)17(23)19-16-21-20-15(25-16)14-8-3-5-9-18-14/h3,5,8-9,13H,2,4,6-7,10-12H2,1H3,(H,19,21,23). The molecule has 0 bridgehead atoms. The van der Waals surface area contributed by atoms with Gasteiger partial charge in [0.25, 0.3) is 0 Å². The van der Waals surface area contributed by atoms with Gasteiger partial charge in [-0.05, 0) is 37.8 Å². The number of nitrogens with one attached hydrogen (secondary N) is 1. The van der Waals surface area contributed by atoms with Crippen LogP contribution in [0, 0.1) is 0 Å². The van der Waals surface area contributed by atoms with Gasteiger partial charge in [0.1, 0.15) is 5.69 Å². The van der Waals surface area contributed by atoms with Crippen LogP contribution in [0.1, 0.15) is 32.6 Å². The van der Waals surface area contributed by atoms with E-state index in [1.54, 1.807) is 11.1 Å². The minimum absolute atomic E-state index is 0.129. The number of aromatic nitrogens is 3. The van der Waals surface area contributed by atoms with Crippen LogP contribution in [0.25, 0.3) is 10.7 Å². The van der Waals surface area contributed by atoms with Gasteiger partial charge in [-0.25, -0.2) is 4.79 Å². The monoisotopic (exact) mass is 361 g/mol. The number of hydrogen-bond donors (Lipinski definition) is 1. The molecule has 3 heterocycles. The molecule has 134 valence electrons. The number of carbonyl (C=O) groups is 1. The van der Waals surface area contributed by atoms with Crippen LogP contribution in [-0.2, 0) is 4.74 Å². The van der Waals surface area contributed by atoms with Crippen LogP contribution in [-0.4, -0.2) is 51.9 Å². The number of pyridine rings is 1. The Balaban J connectivity index is 1.61. The molecular weight excluding hydrogens is 338 g/mol. The van der Waals surface area contributed by atoms with Crippen molar-refractivity contribution in [1.29, 1.82) is 0 Å². The molecule has 1 saturated heterocycles. The number of anilines is 1. The number of ether oxygens (including phenoxy) is 1. The van der Waals surface area contributed by atoms with Crippen molar-refractivity contribution in [3.8, 4) is 10.7 Å². The minimum Gasteiger partial charge on any atom is -0.376 e. The van der Waals surface area contributed by atoms with Crippen LogP contribution in [0.4, 0.5) is 9.93 Å². The summed E-state index contributed by atoms with van der Waals surface area (Å²) in [6.45, 7) is 4.16. The molecule has 1 unspecified atom stereocenters. The highest BCUT2D eigenvalue weighted by Crippen LogP contribution is 2.24. The second-order valence-corrected chi connectivity index (χ2v) is 6.97. The molecule has 2 amide bonds. The lowest BCUT2D eigenvalue weighted by molar-refractivity contribution is 0.00161. The molecule has 0 radical (unpaired) electrons. The lowest BCUT2D eigenvalue weighted by Gasteiger charge is -2.29. The Kier molecular flexibility index (Phi) is 6.30. The molecule has 1 aliphatic heterocycles. The van der Waals surface area contributed by atoms with Crippen LogP contribution < -0.4 is 5.32 Å². The number of carbonyl (C=O) groups excluding carboxylic acids is 1. The van der Waals surface area contributed by atoms with Gasteiger partial charge in [-0.1, -0.05) is 24.3 Å². The topological polar surface area (TPSA) is 80.2 Å². The molecule has 1 fully saturated rings. The van der Waals surface area contributed by atoms with Crippen molar-refractivity contribution in [3.05, 3.63) is 24.4 Å². The van der Waals surface area contributed by atoms with Crippen LogP contribution in [0.5, 0.6) is 0 Å².